The summed E-state index contributed by atoms with van der Waals surface area (Å²) in [6, 6.07) is 53.8. The minimum absolute atomic E-state index is 0.109. The van der Waals surface area contributed by atoms with Gasteiger partial charge in [-0.05, 0) is 85.8 Å². The third kappa shape index (κ3) is 4.37. The Morgan fingerprint density at radius 2 is 1.18 bits per heavy atom. The second kappa shape index (κ2) is 10.5. The van der Waals surface area contributed by atoms with E-state index < -0.39 is 0 Å². The van der Waals surface area contributed by atoms with Gasteiger partial charge in [-0.3, -0.25) is 0 Å². The van der Waals surface area contributed by atoms with Crippen molar-refractivity contribution in [2.24, 2.45) is 0 Å². The molecule has 218 valence electrons. The largest absolute Gasteiger partial charge is 0.309 e. The smallest absolute Gasteiger partial charge is 0.0546 e. The van der Waals surface area contributed by atoms with Crippen LogP contribution in [0, 0.1) is 0 Å². The van der Waals surface area contributed by atoms with Gasteiger partial charge in [-0.25, -0.2) is 0 Å². The Bertz CT molecular complexity index is 2220. The van der Waals surface area contributed by atoms with E-state index in [0.29, 0.717) is 5.92 Å². The molecule has 0 aromatic heterocycles. The molecule has 7 aromatic carbocycles. The Labute approximate surface area is 266 Å². The summed E-state index contributed by atoms with van der Waals surface area (Å²) in [5, 5.41) is 4.94. The second-order valence-electron chi connectivity index (χ2n) is 13.2. The standard InChI is InChI=1S/C44H37N/c1-29(2)35-21-13-22-39-43(35)37-25-24-34(28-40(37)44(39,3)4)45(41-23-12-19-30-16-10-11-20-36(30)41)42-27-33-18-9-8-17-32(33)26-38(42)31-14-6-5-7-15-31/h5-29H,1-4H3. The number of hydrogen-bond donors (Lipinski definition) is 0. The van der Waals surface area contributed by atoms with Gasteiger partial charge in [0, 0.05) is 22.1 Å². The van der Waals surface area contributed by atoms with Gasteiger partial charge < -0.3 is 4.90 Å². The van der Waals surface area contributed by atoms with Crippen LogP contribution in [0.4, 0.5) is 17.1 Å². The summed E-state index contributed by atoms with van der Waals surface area (Å²) >= 11 is 0. The van der Waals surface area contributed by atoms with Crippen LogP contribution in [0.2, 0.25) is 0 Å². The minimum atomic E-state index is -0.109. The molecule has 0 saturated heterocycles. The molecule has 0 radical (unpaired) electrons. The highest BCUT2D eigenvalue weighted by atomic mass is 15.1. The van der Waals surface area contributed by atoms with Crippen molar-refractivity contribution in [1.29, 1.82) is 0 Å². The summed E-state index contributed by atoms with van der Waals surface area (Å²) in [6.07, 6.45) is 0. The summed E-state index contributed by atoms with van der Waals surface area (Å²) in [4.78, 5) is 2.50. The first-order chi connectivity index (χ1) is 21.9. The molecule has 1 aliphatic carbocycles. The van der Waals surface area contributed by atoms with Crippen LogP contribution in [-0.4, -0.2) is 0 Å². The Kier molecular flexibility index (Phi) is 6.39. The summed E-state index contributed by atoms with van der Waals surface area (Å²) < 4.78 is 0. The summed E-state index contributed by atoms with van der Waals surface area (Å²) in [5.41, 5.74) is 12.9. The first-order valence-corrected chi connectivity index (χ1v) is 16.1. The predicted octanol–water partition coefficient (Wildman–Crippen LogP) is 12.6. The van der Waals surface area contributed by atoms with Gasteiger partial charge in [0.1, 0.15) is 0 Å². The lowest BCUT2D eigenvalue weighted by Gasteiger charge is -2.31. The number of hydrogen-bond acceptors (Lipinski definition) is 1. The van der Waals surface area contributed by atoms with Crippen molar-refractivity contribution in [2.45, 2.75) is 39.0 Å². The second-order valence-corrected chi connectivity index (χ2v) is 13.2. The van der Waals surface area contributed by atoms with Gasteiger partial charge in [-0.2, -0.15) is 0 Å². The zero-order valence-corrected chi connectivity index (χ0v) is 26.4. The zero-order valence-electron chi connectivity index (χ0n) is 26.4. The van der Waals surface area contributed by atoms with E-state index in [9.17, 15) is 0 Å². The third-order valence-corrected chi connectivity index (χ3v) is 9.79. The number of nitrogens with zero attached hydrogens (tertiary/aromatic N) is 1. The van der Waals surface area contributed by atoms with Crippen molar-refractivity contribution in [1.82, 2.24) is 0 Å². The predicted molar refractivity (Wildman–Crippen MR) is 193 cm³/mol. The van der Waals surface area contributed by atoms with E-state index in [1.807, 2.05) is 0 Å². The highest BCUT2D eigenvalue weighted by Gasteiger charge is 2.37. The normalized spacial score (nSPS) is 13.3. The maximum absolute atomic E-state index is 2.50. The SMILES string of the molecule is CC(C)c1cccc2c1-c1ccc(N(c3cc4ccccc4cc3-c3ccccc3)c3cccc4ccccc34)cc1C2(C)C. The monoisotopic (exact) mass is 579 g/mol. The highest BCUT2D eigenvalue weighted by Crippen LogP contribution is 2.53. The van der Waals surface area contributed by atoms with Gasteiger partial charge in [0.15, 0.2) is 0 Å². The van der Waals surface area contributed by atoms with Crippen LogP contribution in [0.15, 0.2) is 146 Å². The Morgan fingerprint density at radius 3 is 1.96 bits per heavy atom. The molecule has 1 aliphatic rings. The van der Waals surface area contributed by atoms with E-state index in [2.05, 4.69) is 178 Å². The molecule has 0 heterocycles. The van der Waals surface area contributed by atoms with E-state index in [1.165, 1.54) is 77.6 Å². The van der Waals surface area contributed by atoms with Gasteiger partial charge in [0.05, 0.1) is 11.4 Å². The molecule has 7 aromatic rings. The molecule has 1 heteroatoms. The molecular weight excluding hydrogens is 542 g/mol. The average molecular weight is 580 g/mol. The van der Waals surface area contributed by atoms with Gasteiger partial charge in [-0.15, -0.1) is 0 Å². The molecule has 0 spiro atoms. The molecule has 0 bridgehead atoms. The molecule has 45 heavy (non-hydrogen) atoms. The molecule has 0 saturated carbocycles. The topological polar surface area (TPSA) is 3.24 Å². The Hall–Kier alpha value is -5.14. The zero-order chi connectivity index (χ0) is 30.7. The minimum Gasteiger partial charge on any atom is -0.309 e. The van der Waals surface area contributed by atoms with E-state index in [0.717, 1.165) is 0 Å². The van der Waals surface area contributed by atoms with Crippen LogP contribution in [-0.2, 0) is 5.41 Å². The van der Waals surface area contributed by atoms with E-state index in [4.69, 9.17) is 0 Å². The van der Waals surface area contributed by atoms with Crippen LogP contribution in [0.3, 0.4) is 0 Å². The van der Waals surface area contributed by atoms with Crippen LogP contribution in [0.25, 0.3) is 43.8 Å². The lowest BCUT2D eigenvalue weighted by Crippen LogP contribution is -2.17. The van der Waals surface area contributed by atoms with E-state index in [-0.39, 0.29) is 5.41 Å². The van der Waals surface area contributed by atoms with Crippen molar-refractivity contribution < 1.29 is 0 Å². The number of anilines is 3. The van der Waals surface area contributed by atoms with Gasteiger partial charge >= 0.3 is 0 Å². The summed E-state index contributed by atoms with van der Waals surface area (Å²) in [6.45, 7) is 9.39. The molecule has 0 aliphatic heterocycles. The maximum Gasteiger partial charge on any atom is 0.0546 e. The fourth-order valence-electron chi connectivity index (χ4n) is 7.50. The quantitative estimate of drug-likeness (QED) is 0.196. The number of rotatable bonds is 5. The lowest BCUT2D eigenvalue weighted by molar-refractivity contribution is 0.659. The first-order valence-electron chi connectivity index (χ1n) is 16.1. The highest BCUT2D eigenvalue weighted by molar-refractivity contribution is 6.04. The number of benzene rings is 7. The van der Waals surface area contributed by atoms with E-state index >= 15 is 0 Å². The molecule has 0 unspecified atom stereocenters. The van der Waals surface area contributed by atoms with Crippen LogP contribution < -0.4 is 4.90 Å². The Balaban J connectivity index is 1.44. The van der Waals surface area contributed by atoms with E-state index in [1.54, 1.807) is 0 Å². The average Bonchev–Trinajstić information content (AvgIpc) is 3.31. The first kappa shape index (κ1) is 27.4. The molecule has 1 nitrogen and oxygen atoms in total. The van der Waals surface area contributed by atoms with Gasteiger partial charge in [0.25, 0.3) is 0 Å². The lowest BCUT2D eigenvalue weighted by atomic mass is 9.81. The third-order valence-electron chi connectivity index (χ3n) is 9.79. The van der Waals surface area contributed by atoms with Gasteiger partial charge in [-0.1, -0.05) is 143 Å². The van der Waals surface area contributed by atoms with Crippen molar-refractivity contribution in [3.05, 3.63) is 162 Å². The maximum atomic E-state index is 2.50. The molecular formula is C44H37N. The van der Waals surface area contributed by atoms with Crippen LogP contribution >= 0.6 is 0 Å². The van der Waals surface area contributed by atoms with Crippen LogP contribution in [0.1, 0.15) is 50.3 Å². The fraction of sp³-hybridized carbons (Fsp3) is 0.136. The van der Waals surface area contributed by atoms with Gasteiger partial charge in [0.2, 0.25) is 0 Å². The van der Waals surface area contributed by atoms with Crippen molar-refractivity contribution >= 4 is 38.6 Å². The Morgan fingerprint density at radius 1 is 0.511 bits per heavy atom. The fourth-order valence-corrected chi connectivity index (χ4v) is 7.50. The molecule has 0 fully saturated rings. The summed E-state index contributed by atoms with van der Waals surface area (Å²) in [5.74, 6) is 0.458. The molecule has 0 amide bonds. The molecule has 8 rings (SSSR count). The van der Waals surface area contributed by atoms with Crippen molar-refractivity contribution in [2.75, 3.05) is 4.90 Å². The molecule has 0 N–H and O–H groups in total. The summed E-state index contributed by atoms with van der Waals surface area (Å²) in [7, 11) is 0. The number of fused-ring (bicyclic) bond motifs is 5. The van der Waals surface area contributed by atoms with Crippen LogP contribution in [0.5, 0.6) is 0 Å². The van der Waals surface area contributed by atoms with Crippen molar-refractivity contribution in [3.8, 4) is 22.3 Å². The molecule has 0 atom stereocenters. The van der Waals surface area contributed by atoms with Crippen molar-refractivity contribution in [3.63, 3.8) is 0 Å².